The predicted octanol–water partition coefficient (Wildman–Crippen LogP) is 3.92. The molecule has 1 amide bonds. The van der Waals surface area contributed by atoms with E-state index in [2.05, 4.69) is 5.32 Å². The topological polar surface area (TPSA) is 113 Å². The lowest BCUT2D eigenvalue weighted by Crippen LogP contribution is -2.29. The number of allylic oxidation sites excluding steroid dienone is 2. The molecule has 0 saturated carbocycles. The van der Waals surface area contributed by atoms with E-state index in [0.717, 1.165) is 0 Å². The summed E-state index contributed by atoms with van der Waals surface area (Å²) >= 11 is 0. The van der Waals surface area contributed by atoms with Crippen molar-refractivity contribution in [2.75, 3.05) is 5.32 Å². The van der Waals surface area contributed by atoms with Crippen LogP contribution in [0.2, 0.25) is 0 Å². The molecular weight excluding hydrogens is 350 g/mol. The highest BCUT2D eigenvalue weighted by molar-refractivity contribution is 6.01. The fraction of sp³-hybridized carbons (Fsp3) is 0.350. The van der Waals surface area contributed by atoms with E-state index in [9.17, 15) is 24.6 Å². The molecule has 0 aliphatic heterocycles. The Bertz CT molecular complexity index is 829. The van der Waals surface area contributed by atoms with E-state index in [4.69, 9.17) is 4.74 Å². The van der Waals surface area contributed by atoms with Gasteiger partial charge in [0, 0.05) is 11.3 Å². The lowest BCUT2D eigenvalue weighted by molar-refractivity contribution is -0.145. The van der Waals surface area contributed by atoms with Gasteiger partial charge in [0.2, 0.25) is 0 Å². The highest BCUT2D eigenvalue weighted by atomic mass is 16.6. The molecule has 7 nitrogen and oxygen atoms in total. The molecule has 1 aromatic carbocycles. The van der Waals surface area contributed by atoms with Crippen molar-refractivity contribution in [3.63, 3.8) is 0 Å². The Morgan fingerprint density at radius 3 is 2.19 bits per heavy atom. The molecule has 1 aromatic rings. The Morgan fingerprint density at radius 1 is 1.11 bits per heavy atom. The summed E-state index contributed by atoms with van der Waals surface area (Å²) in [7, 11) is 0. The van der Waals surface area contributed by atoms with Gasteiger partial charge in [-0.3, -0.25) is 10.1 Å². The summed E-state index contributed by atoms with van der Waals surface area (Å²) in [6, 6.07) is 6.59. The highest BCUT2D eigenvalue weighted by Gasteiger charge is 2.36. The zero-order valence-electron chi connectivity index (χ0n) is 15.7. The molecule has 27 heavy (non-hydrogen) atoms. The van der Waals surface area contributed by atoms with Crippen molar-refractivity contribution in [2.24, 2.45) is 5.41 Å². The summed E-state index contributed by atoms with van der Waals surface area (Å²) in [6.45, 7) is 6.76. The van der Waals surface area contributed by atoms with E-state index in [1.807, 2.05) is 0 Å². The van der Waals surface area contributed by atoms with E-state index in [1.165, 1.54) is 19.1 Å². The van der Waals surface area contributed by atoms with Crippen LogP contribution in [0.25, 0.3) is 5.57 Å². The van der Waals surface area contributed by atoms with Crippen LogP contribution in [0.15, 0.2) is 42.0 Å². The van der Waals surface area contributed by atoms with Crippen LogP contribution in [0.5, 0.6) is 0 Å². The lowest BCUT2D eigenvalue weighted by Gasteiger charge is -2.26. The molecule has 0 fully saturated rings. The smallest absolute Gasteiger partial charge is 0.412 e. The average Bonchev–Trinajstić information content (AvgIpc) is 2.53. The summed E-state index contributed by atoms with van der Waals surface area (Å²) in [5.41, 5.74) is -0.267. The number of amides is 1. The Morgan fingerprint density at radius 2 is 1.70 bits per heavy atom. The number of nitrogens with one attached hydrogen (secondary N) is 1. The van der Waals surface area contributed by atoms with Gasteiger partial charge >= 0.3 is 18.0 Å². The molecule has 3 N–H and O–H groups in total. The Hall–Kier alpha value is -3.09. The van der Waals surface area contributed by atoms with Crippen LogP contribution in [0.1, 0.15) is 39.7 Å². The van der Waals surface area contributed by atoms with Gasteiger partial charge in [-0.05, 0) is 57.4 Å². The van der Waals surface area contributed by atoms with Crippen molar-refractivity contribution in [2.45, 2.75) is 39.7 Å². The van der Waals surface area contributed by atoms with Gasteiger partial charge in [-0.1, -0.05) is 24.3 Å². The fourth-order valence-corrected chi connectivity index (χ4v) is 2.65. The number of anilines is 1. The Labute approximate surface area is 157 Å². The third-order valence-electron chi connectivity index (χ3n) is 4.07. The van der Waals surface area contributed by atoms with Gasteiger partial charge in [0.25, 0.3) is 0 Å². The van der Waals surface area contributed by atoms with Gasteiger partial charge in [-0.2, -0.15) is 0 Å². The number of carboxylic acids is 2. The fourth-order valence-electron chi connectivity index (χ4n) is 2.65. The van der Waals surface area contributed by atoms with Crippen LogP contribution in [0, 0.1) is 5.41 Å². The minimum absolute atomic E-state index is 0.0373. The minimum Gasteiger partial charge on any atom is -0.481 e. The first kappa shape index (κ1) is 20.2. The number of hydrogen-bond donors (Lipinski definition) is 3. The van der Waals surface area contributed by atoms with Crippen LogP contribution in [-0.2, 0) is 14.3 Å². The number of hydrogen-bond acceptors (Lipinski definition) is 4. The molecule has 1 aliphatic rings. The molecule has 144 valence electrons. The molecule has 1 aliphatic carbocycles. The molecule has 1 atom stereocenters. The van der Waals surface area contributed by atoms with Gasteiger partial charge in [0.1, 0.15) is 5.60 Å². The average molecular weight is 373 g/mol. The summed E-state index contributed by atoms with van der Waals surface area (Å²) in [5.74, 6) is -2.23. The van der Waals surface area contributed by atoms with Crippen LogP contribution < -0.4 is 5.32 Å². The van der Waals surface area contributed by atoms with Crippen molar-refractivity contribution in [1.29, 1.82) is 0 Å². The molecule has 0 heterocycles. The van der Waals surface area contributed by atoms with Gasteiger partial charge < -0.3 is 14.9 Å². The van der Waals surface area contributed by atoms with Crippen molar-refractivity contribution >= 4 is 29.3 Å². The van der Waals surface area contributed by atoms with Crippen molar-refractivity contribution in [1.82, 2.24) is 0 Å². The van der Waals surface area contributed by atoms with E-state index < -0.39 is 29.0 Å². The normalized spacial score (nSPS) is 19.6. The monoisotopic (exact) mass is 373 g/mol. The first-order valence-corrected chi connectivity index (χ1v) is 8.41. The van der Waals surface area contributed by atoms with E-state index in [-0.39, 0.29) is 12.0 Å². The first-order valence-electron chi connectivity index (χ1n) is 8.41. The number of ether oxygens (including phenoxy) is 1. The van der Waals surface area contributed by atoms with Crippen LogP contribution >= 0.6 is 0 Å². The molecule has 0 spiro atoms. The molecule has 0 aromatic heterocycles. The van der Waals surface area contributed by atoms with Gasteiger partial charge in [-0.15, -0.1) is 0 Å². The maximum Gasteiger partial charge on any atom is 0.412 e. The van der Waals surface area contributed by atoms with Gasteiger partial charge in [0.05, 0.1) is 5.41 Å². The summed E-state index contributed by atoms with van der Waals surface area (Å²) in [5, 5.41) is 21.4. The third-order valence-corrected chi connectivity index (χ3v) is 4.07. The number of rotatable bonds is 4. The molecule has 0 radical (unpaired) electrons. The quantitative estimate of drug-likeness (QED) is 0.737. The van der Waals surface area contributed by atoms with E-state index >= 15 is 0 Å². The van der Waals surface area contributed by atoms with Gasteiger partial charge in [-0.25, -0.2) is 9.59 Å². The number of carboxylic acid groups (broad SMARTS) is 2. The summed E-state index contributed by atoms with van der Waals surface area (Å²) in [4.78, 5) is 34.9. The first-order chi connectivity index (χ1) is 12.4. The zero-order chi connectivity index (χ0) is 20.4. The standard InChI is InChI=1S/C20H23NO6/c1-19(2,3)27-18(26)21-13-7-5-12(6-8-13)14-9-10-20(4,17(24)25)11-15(14)16(22)23/h5-10H,11H2,1-4H3,(H,21,26)(H,22,23)(H,24,25). The molecule has 0 saturated heterocycles. The SMILES string of the molecule is CC(C)(C)OC(=O)Nc1ccc(C2=C(C(=O)O)CC(C)(C(=O)O)C=C2)cc1. The van der Waals surface area contributed by atoms with Crippen LogP contribution in [0.3, 0.4) is 0 Å². The van der Waals surface area contributed by atoms with Gasteiger partial charge in [0.15, 0.2) is 0 Å². The maximum absolute atomic E-state index is 11.8. The predicted molar refractivity (Wildman–Crippen MR) is 100 cm³/mol. The van der Waals surface area contributed by atoms with Crippen molar-refractivity contribution in [3.05, 3.63) is 47.6 Å². The number of aliphatic carboxylic acids is 2. The van der Waals surface area contributed by atoms with Crippen molar-refractivity contribution < 1.29 is 29.3 Å². The maximum atomic E-state index is 11.8. The van der Waals surface area contributed by atoms with E-state index in [1.54, 1.807) is 45.0 Å². The second kappa shape index (κ2) is 7.26. The van der Waals surface area contributed by atoms with Crippen molar-refractivity contribution in [3.8, 4) is 0 Å². The molecule has 7 heteroatoms. The molecular formula is C20H23NO6. The van der Waals surface area contributed by atoms with E-state index in [0.29, 0.717) is 16.8 Å². The zero-order valence-corrected chi connectivity index (χ0v) is 15.7. The molecule has 2 rings (SSSR count). The highest BCUT2D eigenvalue weighted by Crippen LogP contribution is 2.38. The number of carbonyl (C=O) groups is 3. The second-order valence-corrected chi connectivity index (χ2v) is 7.63. The second-order valence-electron chi connectivity index (χ2n) is 7.63. The summed E-state index contributed by atoms with van der Waals surface area (Å²) < 4.78 is 5.18. The summed E-state index contributed by atoms with van der Waals surface area (Å²) in [6.07, 6.45) is 2.33. The minimum atomic E-state index is -1.25. The Balaban J connectivity index is 2.25. The molecule has 1 unspecified atom stereocenters. The molecule has 0 bridgehead atoms. The lowest BCUT2D eigenvalue weighted by atomic mass is 9.76. The van der Waals surface area contributed by atoms with Crippen LogP contribution in [0.4, 0.5) is 10.5 Å². The largest absolute Gasteiger partial charge is 0.481 e. The number of benzene rings is 1. The Kier molecular flexibility index (Phi) is 5.44. The number of carbonyl (C=O) groups excluding carboxylic acids is 1. The van der Waals surface area contributed by atoms with Crippen LogP contribution in [-0.4, -0.2) is 33.8 Å². The third kappa shape index (κ3) is 4.97.